The van der Waals surface area contributed by atoms with Crippen molar-refractivity contribution in [2.75, 3.05) is 31.6 Å². The zero-order valence-electron chi connectivity index (χ0n) is 19.0. The molecule has 30 heavy (non-hydrogen) atoms. The first-order valence-electron chi connectivity index (χ1n) is 11.0. The number of aliphatic hydroxyl groups excluding tert-OH is 1. The van der Waals surface area contributed by atoms with Gasteiger partial charge in [-0.05, 0) is 50.8 Å². The molecule has 0 spiro atoms. The number of methoxy groups -OCH3 is 1. The van der Waals surface area contributed by atoms with Crippen molar-refractivity contribution < 1.29 is 14.2 Å². The van der Waals surface area contributed by atoms with E-state index in [1.807, 2.05) is 24.0 Å². The minimum atomic E-state index is -0.266. The number of rotatable bonds is 6. The third kappa shape index (κ3) is 4.57. The molecule has 168 valence electrons. The predicted octanol–water partition coefficient (Wildman–Crippen LogP) is 3.05. The highest BCUT2D eigenvalue weighted by Gasteiger charge is 2.58. The van der Waals surface area contributed by atoms with E-state index in [4.69, 9.17) is 4.74 Å². The number of hydrogen-bond donors (Lipinski definition) is 3. The third-order valence-electron chi connectivity index (χ3n) is 7.17. The summed E-state index contributed by atoms with van der Waals surface area (Å²) in [5.74, 6) is 0.510. The molecule has 7 heteroatoms. The van der Waals surface area contributed by atoms with Crippen molar-refractivity contribution in [2.24, 2.45) is 10.4 Å². The van der Waals surface area contributed by atoms with Crippen LogP contribution >= 0.6 is 0 Å². The molecule has 1 aliphatic heterocycles. The van der Waals surface area contributed by atoms with E-state index in [2.05, 4.69) is 36.4 Å². The summed E-state index contributed by atoms with van der Waals surface area (Å²) in [6.07, 6.45) is 2.01. The van der Waals surface area contributed by atoms with Crippen molar-refractivity contribution in [1.29, 1.82) is 0 Å². The maximum Gasteiger partial charge on any atom is 0.191 e. The van der Waals surface area contributed by atoms with E-state index in [1.54, 1.807) is 13.2 Å². The van der Waals surface area contributed by atoms with Gasteiger partial charge in [-0.1, -0.05) is 19.9 Å². The van der Waals surface area contributed by atoms with Gasteiger partial charge >= 0.3 is 0 Å². The van der Waals surface area contributed by atoms with Crippen LogP contribution in [-0.2, 0) is 11.3 Å². The average molecular weight is 421 g/mol. The fraction of sp³-hybridized carbons (Fsp3) is 0.696. The molecule has 0 amide bonds. The van der Waals surface area contributed by atoms with Gasteiger partial charge in [-0.15, -0.1) is 0 Å². The van der Waals surface area contributed by atoms with Crippen LogP contribution in [0.3, 0.4) is 0 Å². The molecular weight excluding hydrogens is 383 g/mol. The summed E-state index contributed by atoms with van der Waals surface area (Å²) >= 11 is 0. The van der Waals surface area contributed by atoms with Gasteiger partial charge in [0.15, 0.2) is 5.96 Å². The lowest BCUT2D eigenvalue weighted by Crippen LogP contribution is -2.69. The molecule has 2 aliphatic rings. The third-order valence-corrected chi connectivity index (χ3v) is 7.17. The van der Waals surface area contributed by atoms with Crippen LogP contribution in [0.2, 0.25) is 0 Å². The summed E-state index contributed by atoms with van der Waals surface area (Å²) in [5.41, 5.74) is 1.27. The number of guanidine groups is 1. The molecule has 2 atom stereocenters. The Morgan fingerprint density at radius 2 is 2.00 bits per heavy atom. The Balaban J connectivity index is 1.64. The number of benzene rings is 1. The molecule has 3 rings (SSSR count). The maximum absolute atomic E-state index is 14.7. The van der Waals surface area contributed by atoms with Crippen LogP contribution < -0.4 is 15.5 Å². The SMILES string of the molecule is CCNC(=NCc1ccc(N2CCC(O)CC2)c(F)c1)NC1CC(C)(OC)C1(C)C. The van der Waals surface area contributed by atoms with Crippen molar-refractivity contribution in [3.05, 3.63) is 29.6 Å². The van der Waals surface area contributed by atoms with Crippen molar-refractivity contribution >= 4 is 11.6 Å². The number of anilines is 1. The Bertz CT molecular complexity index is 762. The predicted molar refractivity (Wildman–Crippen MR) is 119 cm³/mol. The van der Waals surface area contributed by atoms with E-state index in [1.165, 1.54) is 0 Å². The number of hydrogen-bond acceptors (Lipinski definition) is 4. The average Bonchev–Trinajstić information content (AvgIpc) is 2.72. The molecule has 0 bridgehead atoms. The van der Waals surface area contributed by atoms with Gasteiger partial charge in [-0.3, -0.25) is 0 Å². The zero-order chi connectivity index (χ0) is 21.9. The van der Waals surface area contributed by atoms with Gasteiger partial charge in [0.05, 0.1) is 23.9 Å². The molecule has 2 fully saturated rings. The highest BCUT2D eigenvalue weighted by Crippen LogP contribution is 2.51. The van der Waals surface area contributed by atoms with Crippen LogP contribution in [0.4, 0.5) is 10.1 Å². The standard InChI is InChI=1S/C23H37FN4O2/c1-6-25-21(27-20-14-23(4,30-5)22(20,2)3)26-15-16-7-8-19(18(24)13-16)28-11-9-17(29)10-12-28/h7-8,13,17,20,29H,6,9-12,14-15H2,1-5H3,(H2,25,26,27). The lowest BCUT2D eigenvalue weighted by atomic mass is 9.56. The van der Waals surface area contributed by atoms with Gasteiger partial charge < -0.3 is 25.4 Å². The van der Waals surface area contributed by atoms with Crippen LogP contribution in [-0.4, -0.2) is 55.6 Å². The first-order valence-corrected chi connectivity index (χ1v) is 11.0. The monoisotopic (exact) mass is 420 g/mol. The van der Waals surface area contributed by atoms with Crippen LogP contribution in [0.1, 0.15) is 52.5 Å². The maximum atomic E-state index is 14.7. The van der Waals surface area contributed by atoms with Gasteiger partial charge in [0.1, 0.15) is 5.82 Å². The minimum absolute atomic E-state index is 0.0201. The van der Waals surface area contributed by atoms with Crippen molar-refractivity contribution in [1.82, 2.24) is 10.6 Å². The topological polar surface area (TPSA) is 69.1 Å². The first-order chi connectivity index (χ1) is 14.2. The molecule has 2 unspecified atom stereocenters. The Hall–Kier alpha value is -1.86. The number of halogens is 1. The molecular formula is C23H37FN4O2. The van der Waals surface area contributed by atoms with Crippen LogP contribution in [0, 0.1) is 11.2 Å². The Morgan fingerprint density at radius 3 is 2.57 bits per heavy atom. The summed E-state index contributed by atoms with van der Waals surface area (Å²) in [5, 5.41) is 16.5. The fourth-order valence-electron chi connectivity index (χ4n) is 4.39. The summed E-state index contributed by atoms with van der Waals surface area (Å²) < 4.78 is 20.4. The number of ether oxygens (including phenoxy) is 1. The van der Waals surface area contributed by atoms with E-state index in [0.29, 0.717) is 38.2 Å². The summed E-state index contributed by atoms with van der Waals surface area (Å²) in [6, 6.07) is 5.60. The van der Waals surface area contributed by atoms with Gasteiger partial charge in [-0.2, -0.15) is 0 Å². The molecule has 1 aromatic carbocycles. The first kappa shape index (κ1) is 22.8. The number of aliphatic hydroxyl groups is 1. The molecule has 0 aromatic heterocycles. The van der Waals surface area contributed by atoms with Crippen LogP contribution in [0.5, 0.6) is 0 Å². The molecule has 6 nitrogen and oxygen atoms in total. The summed E-state index contributed by atoms with van der Waals surface area (Å²) in [4.78, 5) is 6.68. The Morgan fingerprint density at radius 1 is 1.30 bits per heavy atom. The second kappa shape index (κ2) is 9.10. The number of aliphatic imine (C=N–C) groups is 1. The van der Waals surface area contributed by atoms with Crippen molar-refractivity contribution in [3.8, 4) is 0 Å². The van der Waals surface area contributed by atoms with E-state index in [0.717, 1.165) is 24.5 Å². The lowest BCUT2D eigenvalue weighted by Gasteiger charge is -2.59. The van der Waals surface area contributed by atoms with E-state index >= 15 is 0 Å². The van der Waals surface area contributed by atoms with Crippen LogP contribution in [0.25, 0.3) is 0 Å². The second-order valence-electron chi connectivity index (χ2n) is 9.26. The van der Waals surface area contributed by atoms with Gasteiger partial charge in [0, 0.05) is 38.2 Å². The van der Waals surface area contributed by atoms with Gasteiger partial charge in [0.25, 0.3) is 0 Å². The molecule has 0 radical (unpaired) electrons. The molecule has 1 aromatic rings. The van der Waals surface area contributed by atoms with E-state index in [9.17, 15) is 9.50 Å². The fourth-order valence-corrected chi connectivity index (χ4v) is 4.39. The Kier molecular flexibility index (Phi) is 6.92. The smallest absolute Gasteiger partial charge is 0.191 e. The largest absolute Gasteiger partial charge is 0.393 e. The summed E-state index contributed by atoms with van der Waals surface area (Å²) in [7, 11) is 1.77. The Labute approximate surface area is 179 Å². The normalized spacial score (nSPS) is 27.0. The highest BCUT2D eigenvalue weighted by atomic mass is 19.1. The number of piperidine rings is 1. The van der Waals surface area contributed by atoms with Gasteiger partial charge in [-0.25, -0.2) is 9.38 Å². The molecule has 1 aliphatic carbocycles. The van der Waals surface area contributed by atoms with E-state index < -0.39 is 0 Å². The number of nitrogens with zero attached hydrogens (tertiary/aromatic N) is 2. The van der Waals surface area contributed by atoms with Gasteiger partial charge in [0.2, 0.25) is 0 Å². The highest BCUT2D eigenvalue weighted by molar-refractivity contribution is 5.80. The number of nitrogens with one attached hydrogen (secondary N) is 2. The lowest BCUT2D eigenvalue weighted by molar-refractivity contribution is -0.176. The zero-order valence-corrected chi connectivity index (χ0v) is 19.0. The second-order valence-corrected chi connectivity index (χ2v) is 9.26. The molecule has 3 N–H and O–H groups in total. The van der Waals surface area contributed by atoms with Crippen molar-refractivity contribution in [2.45, 2.75) is 71.2 Å². The van der Waals surface area contributed by atoms with Crippen LogP contribution in [0.15, 0.2) is 23.2 Å². The summed E-state index contributed by atoms with van der Waals surface area (Å²) in [6.45, 7) is 11.1. The molecule has 1 heterocycles. The van der Waals surface area contributed by atoms with Crippen molar-refractivity contribution in [3.63, 3.8) is 0 Å². The molecule has 1 saturated carbocycles. The molecule has 1 saturated heterocycles. The minimum Gasteiger partial charge on any atom is -0.393 e. The van der Waals surface area contributed by atoms with E-state index in [-0.39, 0.29) is 29.0 Å². The quantitative estimate of drug-likeness (QED) is 0.488.